The van der Waals surface area contributed by atoms with Crippen LogP contribution in [-0.4, -0.2) is 61.6 Å². The molecule has 6 nitrogen and oxygen atoms in total. The summed E-state index contributed by atoms with van der Waals surface area (Å²) in [6, 6.07) is -0.0864. The van der Waals surface area contributed by atoms with Gasteiger partial charge in [-0.25, -0.2) is 10.1 Å². The van der Waals surface area contributed by atoms with Crippen molar-refractivity contribution in [3.63, 3.8) is 0 Å². The number of ether oxygens (including phenoxy) is 1. The molecular weight excluding hydrogens is 258 g/mol. The lowest BCUT2D eigenvalue weighted by atomic mass is 10.1. The summed E-state index contributed by atoms with van der Waals surface area (Å²) < 4.78 is 5.03. The molecule has 2 saturated heterocycles. The predicted octanol–water partition coefficient (Wildman–Crippen LogP) is -0.103. The first-order valence-electron chi connectivity index (χ1n) is 7.55. The Morgan fingerprint density at radius 3 is 2.90 bits per heavy atom. The van der Waals surface area contributed by atoms with E-state index in [4.69, 9.17) is 4.74 Å². The molecule has 0 aromatic heterocycles. The van der Waals surface area contributed by atoms with Gasteiger partial charge in [0.2, 0.25) is 5.91 Å². The Morgan fingerprint density at radius 1 is 1.35 bits per heavy atom. The number of likely N-dealkylation sites (tertiary alicyclic amines) is 1. The van der Waals surface area contributed by atoms with E-state index in [2.05, 4.69) is 10.6 Å². The Balaban J connectivity index is 1.79. The predicted molar refractivity (Wildman–Crippen MR) is 74.3 cm³/mol. The number of rotatable bonds is 5. The molecule has 0 aromatic carbocycles. The highest BCUT2D eigenvalue weighted by molar-refractivity contribution is 5.86. The highest BCUT2D eigenvalue weighted by Gasteiger charge is 2.34. The van der Waals surface area contributed by atoms with Crippen LogP contribution in [0.2, 0.25) is 0 Å². The van der Waals surface area contributed by atoms with Crippen molar-refractivity contribution in [2.45, 2.75) is 44.7 Å². The SMILES string of the molecule is CCOC(=O)C1CCCN1C(=O)CNC1CCC[N]C1. The van der Waals surface area contributed by atoms with Crippen LogP contribution in [0.5, 0.6) is 0 Å². The van der Waals surface area contributed by atoms with Crippen LogP contribution in [0.4, 0.5) is 0 Å². The van der Waals surface area contributed by atoms with Gasteiger partial charge in [0.25, 0.3) is 0 Å². The van der Waals surface area contributed by atoms with Gasteiger partial charge in [0.1, 0.15) is 6.04 Å². The summed E-state index contributed by atoms with van der Waals surface area (Å²) in [5, 5.41) is 7.59. The van der Waals surface area contributed by atoms with Crippen LogP contribution >= 0.6 is 0 Å². The second kappa shape index (κ2) is 7.59. The minimum atomic E-state index is -0.389. The Bertz CT molecular complexity index is 343. The molecule has 1 amide bonds. The summed E-state index contributed by atoms with van der Waals surface area (Å²) in [6.07, 6.45) is 3.73. The Kier molecular flexibility index (Phi) is 5.79. The molecule has 20 heavy (non-hydrogen) atoms. The topological polar surface area (TPSA) is 72.7 Å². The first-order chi connectivity index (χ1) is 9.72. The van der Waals surface area contributed by atoms with Crippen LogP contribution < -0.4 is 10.6 Å². The Morgan fingerprint density at radius 2 is 2.20 bits per heavy atom. The number of carbonyl (C=O) groups is 2. The summed E-state index contributed by atoms with van der Waals surface area (Å²) in [6.45, 7) is 4.80. The molecule has 2 unspecified atom stereocenters. The van der Waals surface area contributed by atoms with Crippen molar-refractivity contribution in [2.24, 2.45) is 0 Å². The molecule has 0 aromatic rings. The number of nitrogens with one attached hydrogen (secondary N) is 1. The van der Waals surface area contributed by atoms with Crippen molar-refractivity contribution < 1.29 is 14.3 Å². The molecule has 2 heterocycles. The van der Waals surface area contributed by atoms with Crippen molar-refractivity contribution >= 4 is 11.9 Å². The molecule has 2 aliphatic rings. The van der Waals surface area contributed by atoms with Crippen LogP contribution in [0.1, 0.15) is 32.6 Å². The standard InChI is InChI=1S/C14H24N3O3/c1-2-20-14(19)12-6-4-8-17(12)13(18)10-16-11-5-3-7-15-9-11/h11-12,16H,2-10H2,1H3. The van der Waals surface area contributed by atoms with E-state index in [9.17, 15) is 9.59 Å². The van der Waals surface area contributed by atoms with Gasteiger partial charge in [-0.05, 0) is 32.6 Å². The number of carbonyl (C=O) groups excluding carboxylic acids is 2. The molecule has 0 saturated carbocycles. The third kappa shape index (κ3) is 3.93. The molecule has 0 spiro atoms. The van der Waals surface area contributed by atoms with Gasteiger partial charge in [0, 0.05) is 25.7 Å². The van der Waals surface area contributed by atoms with Gasteiger partial charge >= 0.3 is 5.97 Å². The largest absolute Gasteiger partial charge is 0.464 e. The van der Waals surface area contributed by atoms with Gasteiger partial charge in [-0.2, -0.15) is 0 Å². The van der Waals surface area contributed by atoms with Crippen molar-refractivity contribution in [2.75, 3.05) is 32.8 Å². The number of esters is 1. The third-order valence-corrected chi connectivity index (χ3v) is 3.89. The van der Waals surface area contributed by atoms with Crippen LogP contribution in [0.25, 0.3) is 0 Å². The zero-order valence-corrected chi connectivity index (χ0v) is 12.1. The normalized spacial score (nSPS) is 26.6. The Labute approximate surface area is 120 Å². The number of hydrogen-bond donors (Lipinski definition) is 1. The maximum absolute atomic E-state index is 12.2. The molecule has 2 rings (SSSR count). The fourth-order valence-corrected chi connectivity index (χ4v) is 2.84. The van der Waals surface area contributed by atoms with Crippen LogP contribution in [0.15, 0.2) is 0 Å². The summed E-state index contributed by atoms with van der Waals surface area (Å²) in [7, 11) is 0. The fraction of sp³-hybridized carbons (Fsp3) is 0.857. The first-order valence-corrected chi connectivity index (χ1v) is 7.55. The summed E-state index contributed by atoms with van der Waals surface area (Å²) in [5.74, 6) is -0.280. The van der Waals surface area contributed by atoms with Gasteiger partial charge in [-0.1, -0.05) is 0 Å². The summed E-state index contributed by atoms with van der Waals surface area (Å²) >= 11 is 0. The van der Waals surface area contributed by atoms with E-state index in [0.717, 1.165) is 32.4 Å². The van der Waals surface area contributed by atoms with E-state index in [1.54, 1.807) is 11.8 Å². The first kappa shape index (κ1) is 15.3. The maximum atomic E-state index is 12.2. The molecule has 113 valence electrons. The molecule has 6 heteroatoms. The average Bonchev–Trinajstić information content (AvgIpc) is 2.96. The number of piperidine rings is 1. The molecular formula is C14H24N3O3. The van der Waals surface area contributed by atoms with Gasteiger partial charge < -0.3 is 15.0 Å². The molecule has 2 fully saturated rings. The number of hydrogen-bond acceptors (Lipinski definition) is 4. The van der Waals surface area contributed by atoms with Crippen molar-refractivity contribution in [3.05, 3.63) is 0 Å². The number of amides is 1. The van der Waals surface area contributed by atoms with E-state index < -0.39 is 0 Å². The zero-order chi connectivity index (χ0) is 14.4. The lowest BCUT2D eigenvalue weighted by molar-refractivity contribution is -0.152. The zero-order valence-electron chi connectivity index (χ0n) is 12.1. The quantitative estimate of drug-likeness (QED) is 0.715. The average molecular weight is 282 g/mol. The number of nitrogens with zero attached hydrogens (tertiary/aromatic N) is 2. The monoisotopic (exact) mass is 282 g/mol. The molecule has 2 aliphatic heterocycles. The van der Waals surface area contributed by atoms with E-state index in [1.165, 1.54) is 0 Å². The molecule has 1 radical (unpaired) electrons. The molecule has 0 aliphatic carbocycles. The van der Waals surface area contributed by atoms with Crippen molar-refractivity contribution in [1.29, 1.82) is 0 Å². The Hall–Kier alpha value is -1.14. The van der Waals surface area contributed by atoms with Gasteiger partial charge in [0.05, 0.1) is 13.2 Å². The highest BCUT2D eigenvalue weighted by atomic mass is 16.5. The highest BCUT2D eigenvalue weighted by Crippen LogP contribution is 2.18. The fourth-order valence-electron chi connectivity index (χ4n) is 2.84. The second-order valence-corrected chi connectivity index (χ2v) is 5.35. The molecule has 1 N–H and O–H groups in total. The van der Waals surface area contributed by atoms with Gasteiger partial charge in [0.15, 0.2) is 0 Å². The molecule has 2 atom stereocenters. The minimum absolute atomic E-state index is 0.00822. The van der Waals surface area contributed by atoms with Crippen LogP contribution in [0, 0.1) is 0 Å². The third-order valence-electron chi connectivity index (χ3n) is 3.89. The summed E-state index contributed by atoms with van der Waals surface area (Å²) in [5.41, 5.74) is 0. The van der Waals surface area contributed by atoms with Crippen LogP contribution in [0.3, 0.4) is 0 Å². The molecule has 0 bridgehead atoms. The van der Waals surface area contributed by atoms with E-state index in [-0.39, 0.29) is 24.5 Å². The van der Waals surface area contributed by atoms with E-state index >= 15 is 0 Å². The smallest absolute Gasteiger partial charge is 0.328 e. The lowest BCUT2D eigenvalue weighted by Crippen LogP contribution is -2.48. The van der Waals surface area contributed by atoms with Crippen molar-refractivity contribution in [3.8, 4) is 0 Å². The lowest BCUT2D eigenvalue weighted by Gasteiger charge is -2.26. The summed E-state index contributed by atoms with van der Waals surface area (Å²) in [4.78, 5) is 25.7. The van der Waals surface area contributed by atoms with Gasteiger partial charge in [-0.3, -0.25) is 4.79 Å². The van der Waals surface area contributed by atoms with Gasteiger partial charge in [-0.15, -0.1) is 0 Å². The van der Waals surface area contributed by atoms with Crippen LogP contribution in [-0.2, 0) is 14.3 Å². The van der Waals surface area contributed by atoms with E-state index in [0.29, 0.717) is 25.6 Å². The maximum Gasteiger partial charge on any atom is 0.328 e. The van der Waals surface area contributed by atoms with Crippen molar-refractivity contribution in [1.82, 2.24) is 15.5 Å². The second-order valence-electron chi connectivity index (χ2n) is 5.35. The minimum Gasteiger partial charge on any atom is -0.464 e. The van der Waals surface area contributed by atoms with E-state index in [1.807, 2.05) is 0 Å².